The molecule has 1 atom stereocenters. The molecule has 0 aliphatic carbocycles. The maximum absolute atomic E-state index is 8.49. The Kier molecular flexibility index (Phi) is 8.43. The van der Waals surface area contributed by atoms with Gasteiger partial charge in [-0.25, -0.2) is 18.6 Å². The molecule has 1 aliphatic rings. The van der Waals surface area contributed by atoms with E-state index >= 15 is 0 Å². The molecule has 0 saturated heterocycles. The normalized spacial score (nSPS) is 14.6. The van der Waals surface area contributed by atoms with E-state index in [4.69, 9.17) is 23.4 Å². The van der Waals surface area contributed by atoms with Gasteiger partial charge in [-0.15, -0.1) is 10.2 Å². The van der Waals surface area contributed by atoms with E-state index in [9.17, 15) is 0 Å². The van der Waals surface area contributed by atoms with Gasteiger partial charge >= 0.3 is 0 Å². The van der Waals surface area contributed by atoms with E-state index in [1.54, 1.807) is 0 Å². The van der Waals surface area contributed by atoms with Crippen molar-refractivity contribution in [3.8, 4) is 5.75 Å². The molecular weight excluding hydrogens is 543 g/mol. The van der Waals surface area contributed by atoms with Crippen LogP contribution in [0.5, 0.6) is 5.75 Å². The van der Waals surface area contributed by atoms with Crippen molar-refractivity contribution in [1.29, 1.82) is 0 Å². The predicted octanol–water partition coefficient (Wildman–Crippen LogP) is 2.29. The van der Waals surface area contributed by atoms with E-state index in [1.165, 1.54) is 27.0 Å². The maximum Gasteiger partial charge on any atom is 0.258 e. The molecule has 5 aromatic carbocycles. The van der Waals surface area contributed by atoms with Crippen molar-refractivity contribution in [2.75, 3.05) is 0 Å². The highest BCUT2D eigenvalue weighted by Crippen LogP contribution is 2.64. The third-order valence-electron chi connectivity index (χ3n) is 6.70. The topological polar surface area (TPSA) is 101 Å². The molecule has 1 heterocycles. The van der Waals surface area contributed by atoms with Gasteiger partial charge in [0.15, 0.2) is 7.26 Å². The summed E-state index contributed by atoms with van der Waals surface area (Å²) in [5.74, 6) is 1.05. The van der Waals surface area contributed by atoms with Crippen LogP contribution in [0.3, 0.4) is 0 Å². The van der Waals surface area contributed by atoms with Crippen molar-refractivity contribution in [3.63, 3.8) is 0 Å². The van der Waals surface area contributed by atoms with E-state index in [1.807, 2.05) is 0 Å². The summed E-state index contributed by atoms with van der Waals surface area (Å²) in [5.41, 5.74) is 3.51. The number of benzene rings is 5. The summed E-state index contributed by atoms with van der Waals surface area (Å²) in [6.45, 7) is 0. The number of fused-ring (bicyclic) bond motifs is 1. The van der Waals surface area contributed by atoms with E-state index in [0.29, 0.717) is 0 Å². The van der Waals surface area contributed by atoms with Crippen LogP contribution in [0.15, 0.2) is 157 Å². The van der Waals surface area contributed by atoms with Gasteiger partial charge in [-0.3, -0.25) is 0 Å². The van der Waals surface area contributed by atoms with Gasteiger partial charge in [-0.05, 0) is 48.0 Å². The summed E-state index contributed by atoms with van der Waals surface area (Å²) >= 11 is 0. The van der Waals surface area contributed by atoms with Gasteiger partial charge in [0.2, 0.25) is 0 Å². The molecule has 0 radical (unpaired) electrons. The van der Waals surface area contributed by atoms with Crippen LogP contribution in [0.25, 0.3) is 0 Å². The molecular formula is C33H26ClO5P. The van der Waals surface area contributed by atoms with Gasteiger partial charge in [0.05, 0.1) is 0 Å². The fourth-order valence-electron chi connectivity index (χ4n) is 5.11. The monoisotopic (exact) mass is 568 g/mol. The Morgan fingerprint density at radius 2 is 0.875 bits per heavy atom. The first-order valence-electron chi connectivity index (χ1n) is 12.6. The van der Waals surface area contributed by atoms with Gasteiger partial charge in [0.25, 0.3) is 5.50 Å². The minimum atomic E-state index is -4.94. The quantitative estimate of drug-likeness (QED) is 0.303. The average Bonchev–Trinajstić information content (AvgIpc) is 2.98. The zero-order valence-electron chi connectivity index (χ0n) is 21.4. The molecule has 0 bridgehead atoms. The molecule has 40 heavy (non-hydrogen) atoms. The standard InChI is InChI=1S/C33H26OP.ClHO4/c1-5-15-26(16-6-1)31-25-33(34-32-24-14-13-23-30(31)32)35(27-17-7-2-8-18-27,28-19-9-3-10-20-28)29-21-11-4-12-22-29;2-1(3,4)5/h1-25,31H;(H,2,3,4,5)/q+1;/p-1. The Bertz CT molecular complexity index is 1450. The SMILES string of the molecule is C1=C([P+](c2ccccc2)(c2ccccc2)c2ccccc2)Oc2ccccc2C1c1ccccc1.[O-][Cl+3]([O-])([O-])[O-]. The van der Waals surface area contributed by atoms with Crippen LogP contribution in [0.4, 0.5) is 0 Å². The molecule has 0 aromatic heterocycles. The van der Waals surface area contributed by atoms with Crippen LogP contribution in [-0.2, 0) is 0 Å². The Morgan fingerprint density at radius 1 is 0.500 bits per heavy atom. The Labute approximate surface area is 236 Å². The van der Waals surface area contributed by atoms with Crippen LogP contribution < -0.4 is 39.3 Å². The minimum absolute atomic E-state index is 0.117. The zero-order chi connectivity index (χ0) is 28.0. The van der Waals surface area contributed by atoms with Crippen molar-refractivity contribution < 1.29 is 33.6 Å². The number of ether oxygens (including phenoxy) is 1. The number of hydrogen-bond acceptors (Lipinski definition) is 5. The molecule has 0 spiro atoms. The van der Waals surface area contributed by atoms with Crippen molar-refractivity contribution >= 4 is 23.2 Å². The Balaban J connectivity index is 0.000000595. The van der Waals surface area contributed by atoms with Crippen molar-refractivity contribution in [3.05, 3.63) is 168 Å². The second-order valence-corrected chi connectivity index (χ2v) is 13.2. The van der Waals surface area contributed by atoms with Crippen molar-refractivity contribution in [2.45, 2.75) is 5.92 Å². The Hall–Kier alpha value is -3.80. The number of hydrogen-bond donors (Lipinski definition) is 0. The average molecular weight is 569 g/mol. The molecule has 0 amide bonds. The maximum atomic E-state index is 8.49. The fourth-order valence-corrected chi connectivity index (χ4v) is 9.23. The fraction of sp³-hybridized carbons (Fsp3) is 0.0303. The molecule has 200 valence electrons. The van der Waals surface area contributed by atoms with Gasteiger partial charge in [0, 0.05) is 17.6 Å². The molecule has 5 aromatic rings. The highest BCUT2D eigenvalue weighted by Gasteiger charge is 2.53. The molecule has 0 saturated carbocycles. The van der Waals surface area contributed by atoms with Crippen molar-refractivity contribution in [2.24, 2.45) is 0 Å². The van der Waals surface area contributed by atoms with Crippen LogP contribution >= 0.6 is 7.26 Å². The van der Waals surface area contributed by atoms with Crippen molar-refractivity contribution in [1.82, 2.24) is 0 Å². The second kappa shape index (κ2) is 12.2. The summed E-state index contributed by atoms with van der Waals surface area (Å²) in [4.78, 5) is 0. The van der Waals surface area contributed by atoms with Gasteiger partial charge in [0.1, 0.15) is 21.7 Å². The first-order valence-corrected chi connectivity index (χ1v) is 15.6. The largest absolute Gasteiger partial charge is 0.426 e. The predicted molar refractivity (Wildman–Crippen MR) is 149 cm³/mol. The van der Waals surface area contributed by atoms with E-state index in [0.717, 1.165) is 11.2 Å². The summed E-state index contributed by atoms with van der Waals surface area (Å²) in [6, 6.07) is 51.9. The lowest BCUT2D eigenvalue weighted by Gasteiger charge is -2.33. The van der Waals surface area contributed by atoms with Crippen LogP contribution in [0.2, 0.25) is 0 Å². The minimum Gasteiger partial charge on any atom is -0.426 e. The molecule has 5 nitrogen and oxygen atoms in total. The van der Waals surface area contributed by atoms with Gasteiger partial charge in [-0.1, -0.05) is 103 Å². The molecule has 1 unspecified atom stereocenters. The highest BCUT2D eigenvalue weighted by atomic mass is 35.7. The summed E-state index contributed by atoms with van der Waals surface area (Å²) in [7, 11) is -7.25. The molecule has 0 N–H and O–H groups in total. The number of rotatable bonds is 5. The lowest BCUT2D eigenvalue weighted by molar-refractivity contribution is -2.00. The van der Waals surface area contributed by atoms with Gasteiger partial charge < -0.3 is 4.74 Å². The molecule has 6 rings (SSSR count). The molecule has 0 fully saturated rings. The van der Waals surface area contributed by atoms with Crippen LogP contribution in [0, 0.1) is 10.2 Å². The third kappa shape index (κ3) is 6.01. The smallest absolute Gasteiger partial charge is 0.258 e. The van der Waals surface area contributed by atoms with Gasteiger partial charge in [-0.2, -0.15) is 0 Å². The first kappa shape index (κ1) is 27.8. The second-order valence-electron chi connectivity index (χ2n) is 9.09. The zero-order valence-corrected chi connectivity index (χ0v) is 23.0. The third-order valence-corrected chi connectivity index (χ3v) is 10.8. The summed E-state index contributed by atoms with van der Waals surface area (Å²) in [5, 5.41) is 3.86. The van der Waals surface area contributed by atoms with E-state index in [-0.39, 0.29) is 5.92 Å². The summed E-state index contributed by atoms with van der Waals surface area (Å²) < 4.78 is 40.9. The number of para-hydroxylation sites is 1. The lowest BCUT2D eigenvalue weighted by Crippen LogP contribution is -2.68. The Morgan fingerprint density at radius 3 is 1.32 bits per heavy atom. The molecule has 1 aliphatic heterocycles. The van der Waals surface area contributed by atoms with Crippen LogP contribution in [-0.4, -0.2) is 0 Å². The van der Waals surface area contributed by atoms with Crippen LogP contribution in [0.1, 0.15) is 17.0 Å². The molecule has 7 heteroatoms. The first-order chi connectivity index (χ1) is 19.4. The lowest BCUT2D eigenvalue weighted by atomic mass is 9.90. The highest BCUT2D eigenvalue weighted by molar-refractivity contribution is 7.98. The van der Waals surface area contributed by atoms with E-state index in [2.05, 4.69) is 152 Å². The van der Waals surface area contributed by atoms with E-state index < -0.39 is 17.5 Å². The number of halogens is 1. The summed E-state index contributed by atoms with van der Waals surface area (Å²) in [6.07, 6.45) is 2.37. The number of allylic oxidation sites excluding steroid dienone is 1.